The van der Waals surface area contributed by atoms with Crippen molar-refractivity contribution >= 4 is 67.7 Å². The Labute approximate surface area is 437 Å². The van der Waals surface area contributed by atoms with Gasteiger partial charge >= 0.3 is 0 Å². The number of unbranched alkanes of at least 4 members (excludes halogenated alkanes) is 1. The summed E-state index contributed by atoms with van der Waals surface area (Å²) in [5, 5.41) is 27.2. The Hall–Kier alpha value is -7.12. The number of fused-ring (bicyclic) bond motifs is 3. The fraction of sp³-hybridized carbons (Fsp3) is 0.386. The first-order valence-corrected chi connectivity index (χ1v) is 26.9. The van der Waals surface area contributed by atoms with Crippen LogP contribution in [0, 0.1) is 18.7 Å². The zero-order valence-electron chi connectivity index (χ0n) is 41.7. The molecule has 6 heterocycles. The van der Waals surface area contributed by atoms with Crippen molar-refractivity contribution in [3.8, 4) is 16.9 Å². The molecule has 2 saturated heterocycles. The number of nitrogens with zero attached hydrogens (tertiary/aromatic N) is 6. The Morgan fingerprint density at radius 1 is 0.813 bits per heavy atom. The van der Waals surface area contributed by atoms with Crippen LogP contribution >= 0.6 is 11.3 Å². The lowest BCUT2D eigenvalue weighted by atomic mass is 9.84. The van der Waals surface area contributed by atoms with E-state index in [9.17, 15) is 34.2 Å². The second-order valence-corrected chi connectivity index (χ2v) is 21.4. The van der Waals surface area contributed by atoms with E-state index in [4.69, 9.17) is 9.72 Å². The van der Waals surface area contributed by atoms with Gasteiger partial charge in [0.1, 0.15) is 29.1 Å². The Balaban J connectivity index is 0.647. The Kier molecular flexibility index (Phi) is 14.2. The average Bonchev–Trinajstić information content (AvgIpc) is 3.94. The van der Waals surface area contributed by atoms with E-state index in [0.29, 0.717) is 60.6 Å². The zero-order valence-corrected chi connectivity index (χ0v) is 42.5. The molecule has 0 spiro atoms. The van der Waals surface area contributed by atoms with Crippen LogP contribution in [0.4, 0.5) is 21.0 Å². The molecule has 3 fully saturated rings. The van der Waals surface area contributed by atoms with E-state index >= 15 is 4.39 Å². The van der Waals surface area contributed by atoms with Gasteiger partial charge in [-0.25, -0.2) is 14.4 Å². The molecule has 4 aromatic carbocycles. The molecule has 2 aromatic heterocycles. The minimum atomic E-state index is -1.82. The Morgan fingerprint density at radius 2 is 1.59 bits per heavy atom. The van der Waals surface area contributed by atoms with Gasteiger partial charge in [0, 0.05) is 56.8 Å². The fourth-order valence-corrected chi connectivity index (χ4v) is 12.5. The molecule has 1 saturated carbocycles. The fourth-order valence-electron chi connectivity index (χ4n) is 11.6. The Bertz CT molecular complexity index is 3190. The summed E-state index contributed by atoms with van der Waals surface area (Å²) in [5.41, 5.74) is 6.14. The van der Waals surface area contributed by atoms with Crippen molar-refractivity contribution in [1.29, 1.82) is 0 Å². The van der Waals surface area contributed by atoms with Gasteiger partial charge in [0.2, 0.25) is 11.8 Å². The maximum atomic E-state index is 15.5. The summed E-state index contributed by atoms with van der Waals surface area (Å²) in [6.07, 6.45) is 6.37. The molecule has 388 valence electrons. The number of nitrogens with one attached hydrogen (secondary N) is 2. The van der Waals surface area contributed by atoms with Crippen LogP contribution in [0.15, 0.2) is 84.9 Å². The third-order valence-corrected chi connectivity index (χ3v) is 16.7. The average molecular weight is 1040 g/mol. The molecule has 6 aromatic rings. The summed E-state index contributed by atoms with van der Waals surface area (Å²) < 4.78 is 23.2. The molecule has 0 bridgehead atoms. The van der Waals surface area contributed by atoms with Crippen LogP contribution in [0.1, 0.15) is 118 Å². The third kappa shape index (κ3) is 10.2. The summed E-state index contributed by atoms with van der Waals surface area (Å²) in [7, 11) is 0. The summed E-state index contributed by atoms with van der Waals surface area (Å²) >= 11 is 1.43. The number of pyridine rings is 1. The number of anilines is 3. The van der Waals surface area contributed by atoms with Crippen molar-refractivity contribution in [3.05, 3.63) is 130 Å². The number of benzene rings is 4. The first kappa shape index (κ1) is 50.1. The van der Waals surface area contributed by atoms with Crippen LogP contribution in [0.5, 0.6) is 5.75 Å². The van der Waals surface area contributed by atoms with E-state index in [1.807, 2.05) is 84.6 Å². The van der Waals surface area contributed by atoms with Gasteiger partial charge in [-0.15, -0.1) is 0 Å². The molecule has 1 unspecified atom stereocenters. The molecule has 18 heteroatoms. The first-order valence-electron chi connectivity index (χ1n) is 26.1. The van der Waals surface area contributed by atoms with Gasteiger partial charge in [0.25, 0.3) is 17.7 Å². The van der Waals surface area contributed by atoms with Crippen LogP contribution in [-0.4, -0.2) is 111 Å². The minimum absolute atomic E-state index is 0.0145. The van der Waals surface area contributed by atoms with Crippen molar-refractivity contribution in [3.63, 3.8) is 0 Å². The van der Waals surface area contributed by atoms with Crippen LogP contribution < -0.4 is 25.2 Å². The topological polar surface area (TPSA) is 198 Å². The van der Waals surface area contributed by atoms with E-state index in [1.165, 1.54) is 17.4 Å². The highest BCUT2D eigenvalue weighted by atomic mass is 32.1. The first-order chi connectivity index (χ1) is 36.4. The van der Waals surface area contributed by atoms with E-state index in [2.05, 4.69) is 25.4 Å². The van der Waals surface area contributed by atoms with Gasteiger partial charge in [0.15, 0.2) is 11.4 Å². The van der Waals surface area contributed by atoms with E-state index in [1.54, 1.807) is 0 Å². The summed E-state index contributed by atoms with van der Waals surface area (Å²) in [6, 6.07) is 24.7. The minimum Gasteiger partial charge on any atom is -0.490 e. The number of piperazine rings is 1. The summed E-state index contributed by atoms with van der Waals surface area (Å²) in [6.45, 7) is 6.63. The Morgan fingerprint density at radius 3 is 2.36 bits per heavy atom. The van der Waals surface area contributed by atoms with Gasteiger partial charge in [0.05, 0.1) is 33.1 Å². The standard InChI is InChI=1S/C57H59FN8O8S/c1-33-37(38-19-21-49(60-51(38)56(72)73)65-25-23-35-9-6-11-39(42(35)32-65)52(68)62-57-59-44-12-2-3-14-48(44)75-57)10-7-13-47(33)74-36-17-15-34(16-18-36)8-4-5-24-63-26-28-64(29-27-63)46-31-41-40(30-43(46)58)54(70)66(55(41)71)45-20-22-50(67)61-53(45)69/h2-3,6-7,9-14,19,21,30-31,34,36,45,56,72-73H,4-5,8,15-18,20,22-29,32H2,1H3,(H,59,62,68)(H,61,67,69). The lowest BCUT2D eigenvalue weighted by molar-refractivity contribution is -0.136. The predicted octanol–water partition coefficient (Wildman–Crippen LogP) is 7.94. The van der Waals surface area contributed by atoms with Gasteiger partial charge in [-0.05, 0) is 135 Å². The molecule has 11 rings (SSSR count). The van der Waals surface area contributed by atoms with Crippen molar-refractivity contribution in [2.75, 3.05) is 54.4 Å². The number of piperidine rings is 1. The highest BCUT2D eigenvalue weighted by Gasteiger charge is 2.45. The number of amides is 5. The molecule has 1 atom stereocenters. The van der Waals surface area contributed by atoms with E-state index in [-0.39, 0.29) is 47.4 Å². The molecule has 5 amide bonds. The number of ether oxygens (including phenoxy) is 1. The monoisotopic (exact) mass is 1030 g/mol. The number of aliphatic hydroxyl groups is 2. The number of halogens is 1. The lowest BCUT2D eigenvalue weighted by Gasteiger charge is -2.36. The summed E-state index contributed by atoms with van der Waals surface area (Å²) in [5.74, 6) is -1.36. The molecule has 1 aliphatic carbocycles. The molecule has 0 radical (unpaired) electrons. The summed E-state index contributed by atoms with van der Waals surface area (Å²) in [4.78, 5) is 81.0. The predicted molar refractivity (Wildman–Crippen MR) is 282 cm³/mol. The van der Waals surface area contributed by atoms with Crippen molar-refractivity contribution < 1.29 is 43.3 Å². The number of aromatic nitrogens is 2. The molecule has 16 nitrogen and oxygen atoms in total. The largest absolute Gasteiger partial charge is 0.490 e. The quantitative estimate of drug-likeness (QED) is 0.0467. The number of aliphatic hydroxyl groups excluding tert-OH is 1. The molecule has 4 N–H and O–H groups in total. The number of thiazole rings is 1. The van der Waals surface area contributed by atoms with E-state index in [0.717, 1.165) is 114 Å². The smallest absolute Gasteiger partial charge is 0.262 e. The molecular weight excluding hydrogens is 976 g/mol. The number of carbonyl (C=O) groups excluding carboxylic acids is 5. The molecule has 75 heavy (non-hydrogen) atoms. The SMILES string of the molecule is Cc1c(OC2CCC(CCCCN3CCN(c4cc5c(cc4F)C(=O)N(C4CCC(=O)NC4=O)C5=O)CC3)CC2)cccc1-c1ccc(N2CCc3cccc(C(=O)Nc4nc5ccccc5s4)c3C2)nc1C(O)O. The second kappa shape index (κ2) is 21.2. The maximum Gasteiger partial charge on any atom is 0.262 e. The zero-order chi connectivity index (χ0) is 51.9. The van der Waals surface area contributed by atoms with Gasteiger partial charge in [-0.1, -0.05) is 60.6 Å². The molecule has 4 aliphatic heterocycles. The van der Waals surface area contributed by atoms with Crippen LogP contribution in [0.25, 0.3) is 21.3 Å². The number of para-hydroxylation sites is 1. The third-order valence-electron chi connectivity index (χ3n) is 15.7. The van der Waals surface area contributed by atoms with Crippen LogP contribution in [0.2, 0.25) is 0 Å². The van der Waals surface area contributed by atoms with Crippen molar-refractivity contribution in [2.45, 2.75) is 96.1 Å². The maximum absolute atomic E-state index is 15.5. The van der Waals surface area contributed by atoms with Crippen LogP contribution in [-0.2, 0) is 22.6 Å². The van der Waals surface area contributed by atoms with Gasteiger partial charge < -0.3 is 24.7 Å². The molecule has 5 aliphatic rings. The van der Waals surface area contributed by atoms with Crippen LogP contribution in [0.3, 0.4) is 0 Å². The number of rotatable bonds is 14. The van der Waals surface area contributed by atoms with E-state index < -0.39 is 41.8 Å². The number of hydrogen-bond acceptors (Lipinski definition) is 14. The van der Waals surface area contributed by atoms with Gasteiger partial charge in [-0.3, -0.25) is 44.4 Å². The highest BCUT2D eigenvalue weighted by Crippen LogP contribution is 2.39. The van der Waals surface area contributed by atoms with Crippen molar-refractivity contribution in [1.82, 2.24) is 25.1 Å². The number of imide groups is 2. The number of hydrogen-bond donors (Lipinski definition) is 4. The lowest BCUT2D eigenvalue weighted by Crippen LogP contribution is -2.54. The highest BCUT2D eigenvalue weighted by molar-refractivity contribution is 7.22. The molecular formula is C57H59FN8O8S. The van der Waals surface area contributed by atoms with Crippen molar-refractivity contribution in [2.24, 2.45) is 5.92 Å². The van der Waals surface area contributed by atoms with Gasteiger partial charge in [-0.2, -0.15) is 0 Å². The number of carbonyl (C=O) groups is 5. The normalized spacial score (nSPS) is 20.2. The second-order valence-electron chi connectivity index (χ2n) is 20.3.